The van der Waals surface area contributed by atoms with E-state index in [4.69, 9.17) is 4.98 Å². The van der Waals surface area contributed by atoms with Crippen molar-refractivity contribution >= 4 is 55.3 Å². The second kappa shape index (κ2) is 15.6. The molecule has 0 spiro atoms. The summed E-state index contributed by atoms with van der Waals surface area (Å²) in [5, 5.41) is 41.2. The van der Waals surface area contributed by atoms with Crippen LogP contribution >= 0.6 is 11.3 Å². The molecule has 0 radical (unpaired) electrons. The molecule has 0 aliphatic heterocycles. The van der Waals surface area contributed by atoms with E-state index in [-0.39, 0.29) is 5.57 Å². The second-order valence-electron chi connectivity index (χ2n) is 12.0. The Balaban J connectivity index is 1.41. The van der Waals surface area contributed by atoms with Crippen LogP contribution in [0.15, 0.2) is 164 Å². The van der Waals surface area contributed by atoms with E-state index >= 15 is 0 Å². The number of aromatic nitrogens is 1. The molecular weight excluding hydrogens is 669 g/mol. The smallest absolute Gasteiger partial charge is 0.152 e. The summed E-state index contributed by atoms with van der Waals surface area (Å²) in [6, 6.07) is 59.9. The maximum Gasteiger partial charge on any atom is 0.152 e. The highest BCUT2D eigenvalue weighted by atomic mass is 32.1. The van der Waals surface area contributed by atoms with Gasteiger partial charge in [-0.2, -0.15) is 21.0 Å². The summed E-state index contributed by atoms with van der Waals surface area (Å²) in [7, 11) is 0. The molecule has 0 atom stereocenters. The Morgan fingerprint density at radius 2 is 1.09 bits per heavy atom. The number of nitriles is 4. The van der Waals surface area contributed by atoms with Crippen molar-refractivity contribution in [1.82, 2.24) is 4.98 Å². The first-order valence-electron chi connectivity index (χ1n) is 16.7. The molecule has 0 saturated heterocycles. The van der Waals surface area contributed by atoms with Gasteiger partial charge in [-0.3, -0.25) is 0 Å². The Hall–Kier alpha value is -7.55. The standard InChI is InChI=1S/C46H28N6S/c47-28-32(29-48)27-42(34-17-21-37(22-18-34)46-51-43-13-7-8-14-44(43)53-46)45(35-19-15-33(16-20-35)38(30-49)31-50)36-23-25-41(26-24-36)52(39-9-3-1-4-10-39)40-11-5-2-6-12-40/h1-27,32H/b42-27+. The van der Waals surface area contributed by atoms with Gasteiger partial charge in [0.2, 0.25) is 0 Å². The van der Waals surface area contributed by atoms with Crippen LogP contribution in [0.2, 0.25) is 0 Å². The number of benzene rings is 6. The van der Waals surface area contributed by atoms with Crippen LogP contribution in [0.4, 0.5) is 17.1 Å². The van der Waals surface area contributed by atoms with Gasteiger partial charge >= 0.3 is 0 Å². The molecule has 0 amide bonds. The van der Waals surface area contributed by atoms with Crippen LogP contribution in [0, 0.1) is 51.2 Å². The van der Waals surface area contributed by atoms with Crippen molar-refractivity contribution in [2.75, 3.05) is 4.90 Å². The summed E-state index contributed by atoms with van der Waals surface area (Å²) in [6.07, 6.45) is 1.70. The van der Waals surface area contributed by atoms with Crippen LogP contribution in [0.1, 0.15) is 11.1 Å². The van der Waals surface area contributed by atoms with Crippen molar-refractivity contribution in [3.63, 3.8) is 0 Å². The monoisotopic (exact) mass is 696 g/mol. The molecule has 0 aliphatic rings. The first-order valence-corrected chi connectivity index (χ1v) is 17.5. The number of para-hydroxylation sites is 3. The normalized spacial score (nSPS) is 10.8. The molecule has 0 fully saturated rings. The number of anilines is 3. The summed E-state index contributed by atoms with van der Waals surface area (Å²) in [6.45, 7) is 0. The van der Waals surface area contributed by atoms with Gasteiger partial charge in [0.25, 0.3) is 0 Å². The molecule has 7 rings (SSSR count). The van der Waals surface area contributed by atoms with Crippen molar-refractivity contribution < 1.29 is 0 Å². The number of thiazole rings is 1. The molecule has 0 unspecified atom stereocenters. The van der Waals surface area contributed by atoms with Crippen LogP contribution in [0.5, 0.6) is 0 Å². The number of hydrogen-bond acceptors (Lipinski definition) is 7. The topological polar surface area (TPSA) is 111 Å². The van der Waals surface area contributed by atoms with E-state index in [1.165, 1.54) is 0 Å². The Morgan fingerprint density at radius 1 is 0.566 bits per heavy atom. The summed E-state index contributed by atoms with van der Waals surface area (Å²) in [5.41, 5.74) is 8.02. The molecule has 248 valence electrons. The zero-order valence-electron chi connectivity index (χ0n) is 28.3. The molecule has 7 heteroatoms. The SMILES string of the molecule is N#CC(C#N)=c1ccc(=C(/C(=C/C(C#N)C#N)c2ccc(-c3nc4ccccc4s3)cc2)c2ccc(N(c3ccccc3)c3ccccc3)cc2)cc1. The zero-order chi connectivity index (χ0) is 36.6. The average Bonchev–Trinajstić information content (AvgIpc) is 3.67. The highest BCUT2D eigenvalue weighted by molar-refractivity contribution is 7.21. The third-order valence-electron chi connectivity index (χ3n) is 8.75. The molecule has 0 aliphatic carbocycles. The predicted octanol–water partition coefficient (Wildman–Crippen LogP) is 9.58. The fraction of sp³-hybridized carbons (Fsp3) is 0.0217. The summed E-state index contributed by atoms with van der Waals surface area (Å²) < 4.78 is 1.10. The summed E-state index contributed by atoms with van der Waals surface area (Å²) in [5.74, 6) is -1.02. The predicted molar refractivity (Wildman–Crippen MR) is 212 cm³/mol. The molecule has 6 aromatic carbocycles. The molecule has 0 bridgehead atoms. The van der Waals surface area contributed by atoms with Crippen molar-refractivity contribution in [2.45, 2.75) is 0 Å². The van der Waals surface area contributed by atoms with Crippen LogP contribution in [-0.4, -0.2) is 4.98 Å². The maximum atomic E-state index is 9.97. The minimum atomic E-state index is -1.02. The Morgan fingerprint density at radius 3 is 1.66 bits per heavy atom. The van der Waals surface area contributed by atoms with E-state index in [1.807, 2.05) is 115 Å². The molecule has 6 nitrogen and oxygen atoms in total. The lowest BCUT2D eigenvalue weighted by atomic mass is 9.87. The lowest BCUT2D eigenvalue weighted by Crippen LogP contribution is -2.14. The van der Waals surface area contributed by atoms with Gasteiger partial charge < -0.3 is 4.90 Å². The van der Waals surface area contributed by atoms with Gasteiger partial charge in [0.05, 0.1) is 22.4 Å². The Labute approximate surface area is 311 Å². The minimum Gasteiger partial charge on any atom is -0.311 e. The Bertz CT molecular complexity index is 2630. The van der Waals surface area contributed by atoms with Crippen LogP contribution in [0.25, 0.3) is 37.5 Å². The third kappa shape index (κ3) is 7.20. The van der Waals surface area contributed by atoms with Crippen LogP contribution < -0.4 is 15.3 Å². The summed E-state index contributed by atoms with van der Waals surface area (Å²) in [4.78, 5) is 7.00. The van der Waals surface area contributed by atoms with Crippen molar-refractivity contribution in [1.29, 1.82) is 21.0 Å². The lowest BCUT2D eigenvalue weighted by Gasteiger charge is -2.26. The van der Waals surface area contributed by atoms with Gasteiger partial charge in [0, 0.05) is 27.8 Å². The van der Waals surface area contributed by atoms with Crippen LogP contribution in [0.3, 0.4) is 0 Å². The molecule has 7 aromatic rings. The largest absolute Gasteiger partial charge is 0.311 e. The van der Waals surface area contributed by atoms with E-state index in [0.29, 0.717) is 10.8 Å². The summed E-state index contributed by atoms with van der Waals surface area (Å²) >= 11 is 1.62. The molecule has 1 aromatic heterocycles. The van der Waals surface area contributed by atoms with Crippen LogP contribution in [-0.2, 0) is 0 Å². The maximum absolute atomic E-state index is 9.97. The lowest BCUT2D eigenvalue weighted by molar-refractivity contribution is 1.09. The van der Waals surface area contributed by atoms with Crippen molar-refractivity contribution in [2.24, 2.45) is 5.92 Å². The van der Waals surface area contributed by atoms with Gasteiger partial charge in [0.15, 0.2) is 5.92 Å². The fourth-order valence-electron chi connectivity index (χ4n) is 6.20. The first kappa shape index (κ1) is 33.9. The van der Waals surface area contributed by atoms with Gasteiger partial charge in [0.1, 0.15) is 22.7 Å². The molecular formula is C46H28N6S. The van der Waals surface area contributed by atoms with E-state index in [0.717, 1.165) is 59.8 Å². The quantitative estimate of drug-likeness (QED) is 0.156. The number of hydrogen-bond donors (Lipinski definition) is 0. The van der Waals surface area contributed by atoms with Crippen molar-refractivity contribution in [3.05, 3.63) is 185 Å². The van der Waals surface area contributed by atoms with Crippen molar-refractivity contribution in [3.8, 4) is 34.8 Å². The van der Waals surface area contributed by atoms with E-state index in [2.05, 4.69) is 59.5 Å². The average molecular weight is 697 g/mol. The molecule has 0 N–H and O–H groups in total. The van der Waals surface area contributed by atoms with E-state index in [9.17, 15) is 21.0 Å². The highest BCUT2D eigenvalue weighted by Crippen LogP contribution is 2.38. The number of allylic oxidation sites excluding steroid dienone is 2. The number of fused-ring (bicyclic) bond motifs is 1. The molecule has 0 saturated carbocycles. The second-order valence-corrected chi connectivity index (χ2v) is 13.0. The number of nitrogens with zero attached hydrogens (tertiary/aromatic N) is 6. The van der Waals surface area contributed by atoms with Gasteiger partial charge in [-0.1, -0.05) is 109 Å². The first-order chi connectivity index (χ1) is 26.1. The number of rotatable bonds is 8. The van der Waals surface area contributed by atoms with E-state index < -0.39 is 5.92 Å². The van der Waals surface area contributed by atoms with Gasteiger partial charge in [-0.25, -0.2) is 4.98 Å². The molecule has 53 heavy (non-hydrogen) atoms. The molecule has 1 heterocycles. The van der Waals surface area contributed by atoms with Gasteiger partial charge in [-0.05, 0) is 82.1 Å². The van der Waals surface area contributed by atoms with E-state index in [1.54, 1.807) is 29.5 Å². The minimum absolute atomic E-state index is 0.0135. The fourth-order valence-corrected chi connectivity index (χ4v) is 7.17. The Kier molecular flexibility index (Phi) is 9.96. The third-order valence-corrected chi connectivity index (χ3v) is 9.83. The highest BCUT2D eigenvalue weighted by Gasteiger charge is 2.18. The zero-order valence-corrected chi connectivity index (χ0v) is 29.1. The van der Waals surface area contributed by atoms with Gasteiger partial charge in [-0.15, -0.1) is 11.3 Å².